The monoisotopic (exact) mass is 409 g/mol. The maximum atomic E-state index is 13.0. The Morgan fingerprint density at radius 2 is 2.00 bits per heavy atom. The summed E-state index contributed by atoms with van der Waals surface area (Å²) >= 11 is 1.66. The Morgan fingerprint density at radius 3 is 2.83 bits per heavy atom. The van der Waals surface area contributed by atoms with Crippen molar-refractivity contribution in [1.29, 1.82) is 0 Å². The van der Waals surface area contributed by atoms with Crippen molar-refractivity contribution in [2.24, 2.45) is 5.92 Å². The molecular weight excluding hydrogens is 386 g/mol. The maximum absolute atomic E-state index is 13.0. The fourth-order valence-electron chi connectivity index (χ4n) is 3.83. The number of fused-ring (bicyclic) bond motifs is 1. The lowest BCUT2D eigenvalue weighted by Gasteiger charge is -2.25. The molecular formula is C21H23N5O2S. The number of thiazole rings is 1. The second-order valence-electron chi connectivity index (χ2n) is 7.29. The zero-order valence-corrected chi connectivity index (χ0v) is 16.7. The molecule has 0 aliphatic carbocycles. The summed E-state index contributed by atoms with van der Waals surface area (Å²) in [6.07, 6.45) is 0. The Bertz CT molecular complexity index is 1000. The Balaban J connectivity index is 1.32. The number of hydrogen-bond acceptors (Lipinski definition) is 7. The molecule has 5 rings (SSSR count). The summed E-state index contributed by atoms with van der Waals surface area (Å²) in [6, 6.07) is 15.9. The lowest BCUT2D eigenvalue weighted by Crippen LogP contribution is -2.36. The topological polar surface area (TPSA) is 78.5 Å². The highest BCUT2D eigenvalue weighted by atomic mass is 32.1. The SMILES string of the molecule is O=C(Nc1ccc2nc(N3CCOCC3)sc2c1)C1CNNC1c1ccccc1. The van der Waals surface area contributed by atoms with Crippen LogP contribution in [-0.4, -0.2) is 43.7 Å². The van der Waals surface area contributed by atoms with Gasteiger partial charge in [-0.3, -0.25) is 10.2 Å². The summed E-state index contributed by atoms with van der Waals surface area (Å²) < 4.78 is 6.50. The van der Waals surface area contributed by atoms with Crippen molar-refractivity contribution in [3.05, 3.63) is 54.1 Å². The second-order valence-corrected chi connectivity index (χ2v) is 8.30. The molecule has 2 aromatic carbocycles. The molecule has 29 heavy (non-hydrogen) atoms. The van der Waals surface area contributed by atoms with Gasteiger partial charge in [-0.2, -0.15) is 0 Å². The smallest absolute Gasteiger partial charge is 0.230 e. The number of rotatable bonds is 4. The quantitative estimate of drug-likeness (QED) is 0.615. The van der Waals surface area contributed by atoms with Crippen LogP contribution in [0.5, 0.6) is 0 Å². The third kappa shape index (κ3) is 3.84. The number of benzene rings is 2. The van der Waals surface area contributed by atoms with Crippen molar-refractivity contribution in [1.82, 2.24) is 15.8 Å². The molecule has 2 fully saturated rings. The van der Waals surface area contributed by atoms with Crippen LogP contribution in [0, 0.1) is 5.92 Å². The Morgan fingerprint density at radius 1 is 1.17 bits per heavy atom. The van der Waals surface area contributed by atoms with E-state index in [9.17, 15) is 4.79 Å². The van der Waals surface area contributed by atoms with Crippen molar-refractivity contribution < 1.29 is 9.53 Å². The number of nitrogens with one attached hydrogen (secondary N) is 3. The van der Waals surface area contributed by atoms with Crippen LogP contribution in [-0.2, 0) is 9.53 Å². The van der Waals surface area contributed by atoms with Crippen molar-refractivity contribution in [3.8, 4) is 0 Å². The fourth-order valence-corrected chi connectivity index (χ4v) is 4.89. The van der Waals surface area contributed by atoms with E-state index < -0.39 is 0 Å². The second kappa shape index (κ2) is 8.08. The van der Waals surface area contributed by atoms with Crippen LogP contribution < -0.4 is 21.1 Å². The van der Waals surface area contributed by atoms with E-state index in [2.05, 4.69) is 21.1 Å². The Hall–Kier alpha value is -2.52. The number of aromatic nitrogens is 1. The van der Waals surface area contributed by atoms with Gasteiger partial charge >= 0.3 is 0 Å². The van der Waals surface area contributed by atoms with Crippen molar-refractivity contribution >= 4 is 38.3 Å². The zero-order valence-electron chi connectivity index (χ0n) is 15.9. The first-order valence-electron chi connectivity index (χ1n) is 9.85. The van der Waals surface area contributed by atoms with E-state index in [1.54, 1.807) is 11.3 Å². The van der Waals surface area contributed by atoms with E-state index in [0.717, 1.165) is 52.9 Å². The molecule has 1 aromatic heterocycles. The van der Waals surface area contributed by atoms with Crippen molar-refractivity contribution in [2.45, 2.75) is 6.04 Å². The lowest BCUT2D eigenvalue weighted by molar-refractivity contribution is -0.119. The van der Waals surface area contributed by atoms with Crippen LogP contribution in [0.25, 0.3) is 10.2 Å². The van der Waals surface area contributed by atoms with E-state index in [4.69, 9.17) is 9.72 Å². The molecule has 8 heteroatoms. The highest BCUT2D eigenvalue weighted by molar-refractivity contribution is 7.22. The highest BCUT2D eigenvalue weighted by Gasteiger charge is 2.33. The molecule has 7 nitrogen and oxygen atoms in total. The summed E-state index contributed by atoms with van der Waals surface area (Å²) in [4.78, 5) is 20.0. The van der Waals surface area contributed by atoms with Gasteiger partial charge in [0.1, 0.15) is 0 Å². The highest BCUT2D eigenvalue weighted by Crippen LogP contribution is 2.32. The number of hydrogen-bond donors (Lipinski definition) is 3. The minimum atomic E-state index is -0.182. The molecule has 3 N–H and O–H groups in total. The van der Waals surface area contributed by atoms with Gasteiger partial charge in [0.2, 0.25) is 5.91 Å². The van der Waals surface area contributed by atoms with E-state index in [1.807, 2.05) is 48.5 Å². The summed E-state index contributed by atoms with van der Waals surface area (Å²) in [5, 5.41) is 4.10. The molecule has 1 amide bonds. The number of carbonyl (C=O) groups is 1. The molecule has 2 atom stereocenters. The molecule has 0 radical (unpaired) electrons. The van der Waals surface area contributed by atoms with Gasteiger partial charge in [-0.1, -0.05) is 41.7 Å². The number of hydrazine groups is 1. The molecule has 3 aromatic rings. The van der Waals surface area contributed by atoms with E-state index >= 15 is 0 Å². The first-order chi connectivity index (χ1) is 14.3. The number of anilines is 2. The van der Waals surface area contributed by atoms with Gasteiger partial charge in [0.15, 0.2) is 5.13 Å². The van der Waals surface area contributed by atoms with Crippen LogP contribution in [0.3, 0.4) is 0 Å². The molecule has 0 saturated carbocycles. The van der Waals surface area contributed by atoms with Gasteiger partial charge in [0.25, 0.3) is 0 Å². The van der Waals surface area contributed by atoms with E-state index in [1.165, 1.54) is 0 Å². The van der Waals surface area contributed by atoms with Crippen LogP contribution in [0.4, 0.5) is 10.8 Å². The largest absolute Gasteiger partial charge is 0.378 e. The first-order valence-corrected chi connectivity index (χ1v) is 10.7. The van der Waals surface area contributed by atoms with Crippen LogP contribution >= 0.6 is 11.3 Å². The molecule has 0 bridgehead atoms. The zero-order chi connectivity index (χ0) is 19.6. The predicted octanol–water partition coefficient (Wildman–Crippen LogP) is 2.54. The molecule has 150 valence electrons. The maximum Gasteiger partial charge on any atom is 0.230 e. The molecule has 0 spiro atoms. The minimum Gasteiger partial charge on any atom is -0.378 e. The van der Waals surface area contributed by atoms with Gasteiger partial charge in [0, 0.05) is 25.3 Å². The van der Waals surface area contributed by atoms with Gasteiger partial charge < -0.3 is 15.0 Å². The molecule has 3 heterocycles. The average molecular weight is 410 g/mol. The summed E-state index contributed by atoms with van der Waals surface area (Å²) in [5.41, 5.74) is 9.21. The Labute approximate surface area is 173 Å². The number of carbonyl (C=O) groups excluding carboxylic acids is 1. The normalized spacial score (nSPS) is 22.1. The van der Waals surface area contributed by atoms with Gasteiger partial charge in [0.05, 0.1) is 35.4 Å². The number of morpholine rings is 1. The van der Waals surface area contributed by atoms with Gasteiger partial charge in [-0.15, -0.1) is 0 Å². The summed E-state index contributed by atoms with van der Waals surface area (Å²) in [6.45, 7) is 3.81. The standard InChI is InChI=1S/C21H23N5O2S/c27-20(16-13-22-25-19(16)14-4-2-1-3-5-14)23-15-6-7-17-18(12-15)29-21(24-17)26-8-10-28-11-9-26/h1-7,12,16,19,22,25H,8-11,13H2,(H,23,27). The van der Waals surface area contributed by atoms with E-state index in [0.29, 0.717) is 6.54 Å². The Kier molecular flexibility index (Phi) is 5.15. The van der Waals surface area contributed by atoms with Gasteiger partial charge in [-0.05, 0) is 23.8 Å². The fraction of sp³-hybridized carbons (Fsp3) is 0.333. The van der Waals surface area contributed by atoms with Crippen LogP contribution in [0.15, 0.2) is 48.5 Å². The molecule has 2 aliphatic rings. The minimum absolute atomic E-state index is 0.00798. The van der Waals surface area contributed by atoms with Crippen LogP contribution in [0.2, 0.25) is 0 Å². The number of ether oxygens (including phenoxy) is 1. The van der Waals surface area contributed by atoms with E-state index in [-0.39, 0.29) is 17.9 Å². The summed E-state index contributed by atoms with van der Waals surface area (Å²) in [7, 11) is 0. The lowest BCUT2D eigenvalue weighted by atomic mass is 9.94. The van der Waals surface area contributed by atoms with Crippen molar-refractivity contribution in [3.63, 3.8) is 0 Å². The third-order valence-corrected chi connectivity index (χ3v) is 6.48. The van der Waals surface area contributed by atoms with Gasteiger partial charge in [-0.25, -0.2) is 10.4 Å². The number of nitrogens with zero attached hydrogens (tertiary/aromatic N) is 2. The molecule has 2 unspecified atom stereocenters. The van der Waals surface area contributed by atoms with Crippen molar-refractivity contribution in [2.75, 3.05) is 43.1 Å². The van der Waals surface area contributed by atoms with Crippen LogP contribution in [0.1, 0.15) is 11.6 Å². The molecule has 2 saturated heterocycles. The first kappa shape index (κ1) is 18.5. The average Bonchev–Trinajstić information content (AvgIpc) is 3.42. The molecule has 2 aliphatic heterocycles. The summed E-state index contributed by atoms with van der Waals surface area (Å²) in [5.74, 6) is -0.174. The number of amides is 1. The third-order valence-electron chi connectivity index (χ3n) is 5.40. The predicted molar refractivity (Wildman–Crippen MR) is 115 cm³/mol.